The number of carbonyl (C=O) groups excluding carboxylic acids is 1. The molecule has 148 valence electrons. The fourth-order valence-corrected chi connectivity index (χ4v) is 4.37. The van der Waals surface area contributed by atoms with Gasteiger partial charge in [-0.05, 0) is 42.0 Å². The molecule has 6 nitrogen and oxygen atoms in total. The number of hydrogen-bond acceptors (Lipinski definition) is 3. The van der Waals surface area contributed by atoms with Crippen LogP contribution in [0.1, 0.15) is 35.9 Å². The molecule has 0 bridgehead atoms. The standard InChI is InChI=1S/C23H24N4O2/c28-23(26-18-7-5-16(6-8-18)17-9-11-29-12-10-17)25-14-22-20-4-2-1-3-19(20)21-13-24-15-27(21)22/h1-8,13,15,17,22H,9-12,14H2,(H2,25,26,28). The Morgan fingerprint density at radius 3 is 2.72 bits per heavy atom. The summed E-state index contributed by atoms with van der Waals surface area (Å²) in [5, 5.41) is 5.95. The first-order valence-electron chi connectivity index (χ1n) is 10.1. The van der Waals surface area contributed by atoms with Crippen LogP contribution >= 0.6 is 0 Å². The van der Waals surface area contributed by atoms with Gasteiger partial charge in [-0.1, -0.05) is 36.4 Å². The number of benzene rings is 2. The summed E-state index contributed by atoms with van der Waals surface area (Å²) in [5.41, 5.74) is 5.60. The smallest absolute Gasteiger partial charge is 0.319 e. The van der Waals surface area contributed by atoms with Gasteiger partial charge in [-0.2, -0.15) is 0 Å². The molecule has 2 amide bonds. The zero-order chi connectivity index (χ0) is 19.6. The van der Waals surface area contributed by atoms with Crippen LogP contribution in [0.4, 0.5) is 10.5 Å². The van der Waals surface area contributed by atoms with Crippen LogP contribution < -0.4 is 10.6 Å². The van der Waals surface area contributed by atoms with Gasteiger partial charge in [-0.3, -0.25) is 0 Å². The zero-order valence-corrected chi connectivity index (χ0v) is 16.2. The summed E-state index contributed by atoms with van der Waals surface area (Å²) < 4.78 is 7.55. The van der Waals surface area contributed by atoms with E-state index in [4.69, 9.17) is 4.74 Å². The van der Waals surface area contributed by atoms with E-state index in [1.165, 1.54) is 16.7 Å². The average molecular weight is 388 g/mol. The summed E-state index contributed by atoms with van der Waals surface area (Å²) in [5.74, 6) is 0.554. The van der Waals surface area contributed by atoms with E-state index in [2.05, 4.69) is 44.5 Å². The quantitative estimate of drug-likeness (QED) is 0.705. The van der Waals surface area contributed by atoms with Gasteiger partial charge in [0.25, 0.3) is 0 Å². The van der Waals surface area contributed by atoms with Gasteiger partial charge in [-0.25, -0.2) is 9.78 Å². The van der Waals surface area contributed by atoms with Crippen LogP contribution in [-0.2, 0) is 4.74 Å². The lowest BCUT2D eigenvalue weighted by molar-refractivity contribution is 0.0853. The fourth-order valence-electron chi connectivity index (χ4n) is 4.37. The van der Waals surface area contributed by atoms with Crippen molar-refractivity contribution in [2.24, 2.45) is 0 Å². The van der Waals surface area contributed by atoms with Crippen molar-refractivity contribution in [3.05, 3.63) is 72.2 Å². The number of hydrogen-bond donors (Lipinski definition) is 2. The molecule has 2 aliphatic rings. The van der Waals surface area contributed by atoms with Crippen molar-refractivity contribution in [3.63, 3.8) is 0 Å². The molecular formula is C23H24N4O2. The van der Waals surface area contributed by atoms with Crippen LogP contribution in [0.2, 0.25) is 0 Å². The normalized spacial score (nSPS) is 18.1. The summed E-state index contributed by atoms with van der Waals surface area (Å²) >= 11 is 0. The molecule has 0 aliphatic carbocycles. The number of carbonyl (C=O) groups is 1. The second-order valence-corrected chi connectivity index (χ2v) is 7.63. The molecule has 1 saturated heterocycles. The maximum absolute atomic E-state index is 12.5. The van der Waals surface area contributed by atoms with Crippen LogP contribution in [0, 0.1) is 0 Å². The van der Waals surface area contributed by atoms with E-state index in [1.807, 2.05) is 36.8 Å². The summed E-state index contributed by atoms with van der Waals surface area (Å²) in [6.45, 7) is 2.17. The van der Waals surface area contributed by atoms with Crippen molar-refractivity contribution < 1.29 is 9.53 Å². The Kier molecular flexibility index (Phi) is 4.77. The molecule has 6 heteroatoms. The molecule has 2 aromatic carbocycles. The third-order valence-electron chi connectivity index (χ3n) is 5.91. The van der Waals surface area contributed by atoms with E-state index in [0.29, 0.717) is 12.5 Å². The zero-order valence-electron chi connectivity index (χ0n) is 16.2. The van der Waals surface area contributed by atoms with Gasteiger partial charge in [0.2, 0.25) is 0 Å². The highest BCUT2D eigenvalue weighted by molar-refractivity contribution is 5.89. The van der Waals surface area contributed by atoms with Crippen molar-refractivity contribution in [2.75, 3.05) is 25.1 Å². The van der Waals surface area contributed by atoms with Gasteiger partial charge in [0.15, 0.2) is 0 Å². The SMILES string of the molecule is O=C(NCC1c2ccccc2-c2cncn21)Nc1ccc(C2CCOCC2)cc1. The first-order chi connectivity index (χ1) is 14.3. The van der Waals surface area contributed by atoms with Crippen molar-refractivity contribution in [3.8, 4) is 11.3 Å². The van der Waals surface area contributed by atoms with Crippen molar-refractivity contribution >= 4 is 11.7 Å². The first-order valence-corrected chi connectivity index (χ1v) is 10.1. The Balaban J connectivity index is 1.21. The number of amides is 2. The lowest BCUT2D eigenvalue weighted by atomic mass is 9.92. The third kappa shape index (κ3) is 3.51. The van der Waals surface area contributed by atoms with E-state index in [1.54, 1.807) is 0 Å². The maximum Gasteiger partial charge on any atom is 0.319 e. The number of ether oxygens (including phenoxy) is 1. The molecule has 1 atom stereocenters. The number of imidazole rings is 1. The highest BCUT2D eigenvalue weighted by Gasteiger charge is 2.28. The van der Waals surface area contributed by atoms with Crippen LogP contribution in [0.15, 0.2) is 61.1 Å². The van der Waals surface area contributed by atoms with E-state index in [-0.39, 0.29) is 12.1 Å². The molecule has 0 radical (unpaired) electrons. The minimum Gasteiger partial charge on any atom is -0.381 e. The van der Waals surface area contributed by atoms with Crippen LogP contribution in [-0.4, -0.2) is 35.3 Å². The largest absolute Gasteiger partial charge is 0.381 e. The number of aromatic nitrogens is 2. The van der Waals surface area contributed by atoms with Crippen molar-refractivity contribution in [1.82, 2.24) is 14.9 Å². The Labute approximate surface area is 169 Å². The number of nitrogens with one attached hydrogen (secondary N) is 2. The van der Waals surface area contributed by atoms with E-state index in [9.17, 15) is 4.79 Å². The molecular weight excluding hydrogens is 364 g/mol. The summed E-state index contributed by atoms with van der Waals surface area (Å²) in [7, 11) is 0. The summed E-state index contributed by atoms with van der Waals surface area (Å²) in [6, 6.07) is 16.3. The molecule has 1 aromatic heterocycles. The Bertz CT molecular complexity index is 1010. The highest BCUT2D eigenvalue weighted by atomic mass is 16.5. The predicted octanol–water partition coefficient (Wildman–Crippen LogP) is 4.17. The average Bonchev–Trinajstić information content (AvgIpc) is 3.35. The molecule has 3 aromatic rings. The Morgan fingerprint density at radius 1 is 1.10 bits per heavy atom. The van der Waals surface area contributed by atoms with Gasteiger partial charge in [0, 0.05) is 31.0 Å². The van der Waals surface area contributed by atoms with E-state index in [0.717, 1.165) is 37.4 Å². The van der Waals surface area contributed by atoms with Crippen molar-refractivity contribution in [1.29, 1.82) is 0 Å². The minimum absolute atomic E-state index is 0.0605. The molecule has 1 unspecified atom stereocenters. The molecule has 0 spiro atoms. The molecule has 2 N–H and O–H groups in total. The molecule has 5 rings (SSSR count). The lowest BCUT2D eigenvalue weighted by Gasteiger charge is -2.22. The molecule has 3 heterocycles. The van der Waals surface area contributed by atoms with Gasteiger partial charge in [-0.15, -0.1) is 0 Å². The van der Waals surface area contributed by atoms with E-state index >= 15 is 0 Å². The molecule has 1 fully saturated rings. The van der Waals surface area contributed by atoms with Gasteiger partial charge >= 0.3 is 6.03 Å². The fraction of sp³-hybridized carbons (Fsp3) is 0.304. The topological polar surface area (TPSA) is 68.2 Å². The van der Waals surface area contributed by atoms with Crippen LogP contribution in [0.5, 0.6) is 0 Å². The Hall–Kier alpha value is -3.12. The summed E-state index contributed by atoms with van der Waals surface area (Å²) in [4.78, 5) is 16.7. The number of fused-ring (bicyclic) bond motifs is 3. The minimum atomic E-state index is -0.199. The van der Waals surface area contributed by atoms with Gasteiger partial charge in [0.1, 0.15) is 0 Å². The third-order valence-corrected chi connectivity index (χ3v) is 5.91. The monoisotopic (exact) mass is 388 g/mol. The predicted molar refractivity (Wildman–Crippen MR) is 112 cm³/mol. The van der Waals surface area contributed by atoms with Gasteiger partial charge < -0.3 is 19.9 Å². The lowest BCUT2D eigenvalue weighted by Crippen LogP contribution is -2.33. The van der Waals surface area contributed by atoms with Crippen LogP contribution in [0.3, 0.4) is 0 Å². The number of nitrogens with zero attached hydrogens (tertiary/aromatic N) is 2. The summed E-state index contributed by atoms with van der Waals surface area (Å²) in [6.07, 6.45) is 5.83. The Morgan fingerprint density at radius 2 is 1.90 bits per heavy atom. The van der Waals surface area contributed by atoms with Crippen molar-refractivity contribution in [2.45, 2.75) is 24.8 Å². The first kappa shape index (κ1) is 17.9. The molecule has 2 aliphatic heterocycles. The number of rotatable bonds is 4. The second kappa shape index (κ2) is 7.72. The molecule has 0 saturated carbocycles. The van der Waals surface area contributed by atoms with Gasteiger partial charge in [0.05, 0.1) is 24.3 Å². The van der Waals surface area contributed by atoms with Crippen LogP contribution in [0.25, 0.3) is 11.3 Å². The van der Waals surface area contributed by atoms with E-state index < -0.39 is 0 Å². The molecule has 29 heavy (non-hydrogen) atoms. The second-order valence-electron chi connectivity index (χ2n) is 7.63. The maximum atomic E-state index is 12.5. The highest BCUT2D eigenvalue weighted by Crippen LogP contribution is 2.38. The number of anilines is 1. The number of urea groups is 1.